The maximum absolute atomic E-state index is 12.6. The largest absolute Gasteiger partial charge is 0.472 e. The summed E-state index contributed by atoms with van der Waals surface area (Å²) in [4.78, 5) is 3.91. The summed E-state index contributed by atoms with van der Waals surface area (Å²) in [6, 6.07) is 6.63. The van der Waals surface area contributed by atoms with Gasteiger partial charge in [-0.2, -0.15) is 10.2 Å². The Balaban J connectivity index is 1.37. The normalized spacial score (nSPS) is 14.6. The lowest BCUT2D eigenvalue weighted by Crippen LogP contribution is -2.16. The van der Waals surface area contributed by atoms with Crippen LogP contribution in [0.4, 0.5) is 8.78 Å². The topological polar surface area (TPSA) is 102 Å². The Kier molecular flexibility index (Phi) is 5.82. The molecule has 0 saturated heterocycles. The van der Waals surface area contributed by atoms with Crippen LogP contribution in [0.1, 0.15) is 43.0 Å². The Morgan fingerprint density at radius 1 is 1.23 bits per heavy atom. The molecule has 3 aromatic rings. The van der Waals surface area contributed by atoms with Crippen LogP contribution in [0.25, 0.3) is 17.0 Å². The first kappa shape index (κ1) is 19.7. The quantitative estimate of drug-likeness (QED) is 0.534. The highest BCUT2D eigenvalue weighted by molar-refractivity contribution is 5.60. The Hall–Kier alpha value is -3.56. The van der Waals surface area contributed by atoms with Crippen LogP contribution in [0.15, 0.2) is 54.0 Å². The zero-order valence-electron chi connectivity index (χ0n) is 15.9. The van der Waals surface area contributed by atoms with E-state index in [2.05, 4.69) is 25.4 Å². The fourth-order valence-corrected chi connectivity index (χ4v) is 2.97. The number of hydrogen-bond acceptors (Lipinski definition) is 7. The van der Waals surface area contributed by atoms with Crippen LogP contribution >= 0.6 is 0 Å². The molecule has 1 fully saturated rings. The first-order valence-corrected chi connectivity index (χ1v) is 9.47. The molecule has 0 bridgehead atoms. The summed E-state index contributed by atoms with van der Waals surface area (Å²) in [6.07, 6.45) is 7.31. The zero-order valence-corrected chi connectivity index (χ0v) is 15.9. The highest BCUT2D eigenvalue weighted by Gasteiger charge is 2.20. The summed E-state index contributed by atoms with van der Waals surface area (Å²) in [5, 5.41) is 16.0. The molecule has 0 aliphatic heterocycles. The molecule has 0 atom stereocenters. The summed E-state index contributed by atoms with van der Waals surface area (Å²) in [5.41, 5.74) is 9.20. The standard InChI is InChI=1S/C20H19F2N7O/c21-20(22)13-4-5-17(24-10-13)18(26-23)8-9-30-19-7-6-16(27-28-19)14-11-25-29(12-14)15-2-1-3-15/h4-8,10-12,15,20,23H,1-3,9H2/b18-8+,26-23?. The number of nitrogens with zero attached hydrogens (tertiary/aromatic N) is 6. The molecule has 30 heavy (non-hydrogen) atoms. The van der Waals surface area contributed by atoms with Gasteiger partial charge in [0.15, 0.2) is 0 Å². The van der Waals surface area contributed by atoms with E-state index in [4.69, 9.17) is 10.3 Å². The van der Waals surface area contributed by atoms with E-state index in [0.717, 1.165) is 24.6 Å². The van der Waals surface area contributed by atoms with E-state index < -0.39 is 6.43 Å². The van der Waals surface area contributed by atoms with Gasteiger partial charge in [-0.05, 0) is 43.5 Å². The minimum atomic E-state index is -2.59. The van der Waals surface area contributed by atoms with Crippen molar-refractivity contribution in [2.24, 2.45) is 5.11 Å². The van der Waals surface area contributed by atoms with Gasteiger partial charge in [-0.3, -0.25) is 9.67 Å². The highest BCUT2D eigenvalue weighted by Crippen LogP contribution is 2.32. The summed E-state index contributed by atoms with van der Waals surface area (Å²) >= 11 is 0. The molecule has 1 aliphatic rings. The van der Waals surface area contributed by atoms with Crippen molar-refractivity contribution >= 4 is 5.70 Å². The van der Waals surface area contributed by atoms with Crippen LogP contribution in [-0.2, 0) is 0 Å². The Bertz CT molecular complexity index is 1030. The number of pyridine rings is 1. The maximum Gasteiger partial charge on any atom is 0.265 e. The van der Waals surface area contributed by atoms with Gasteiger partial charge in [-0.25, -0.2) is 14.3 Å². The molecular formula is C20H19F2N7O. The number of rotatable bonds is 8. The van der Waals surface area contributed by atoms with Crippen LogP contribution in [0.5, 0.6) is 5.88 Å². The molecule has 10 heteroatoms. The second-order valence-electron chi connectivity index (χ2n) is 6.84. The van der Waals surface area contributed by atoms with Gasteiger partial charge in [0.25, 0.3) is 6.43 Å². The molecular weight excluding hydrogens is 392 g/mol. The second-order valence-corrected chi connectivity index (χ2v) is 6.84. The average Bonchev–Trinajstić information content (AvgIpc) is 3.20. The minimum absolute atomic E-state index is 0.0730. The van der Waals surface area contributed by atoms with Gasteiger partial charge in [0.1, 0.15) is 12.3 Å². The Labute approximate surface area is 171 Å². The van der Waals surface area contributed by atoms with Gasteiger partial charge in [-0.15, -0.1) is 10.2 Å². The van der Waals surface area contributed by atoms with Crippen molar-refractivity contribution in [2.75, 3.05) is 6.61 Å². The molecule has 1 aliphatic carbocycles. The third-order valence-corrected chi connectivity index (χ3v) is 4.92. The first-order valence-electron chi connectivity index (χ1n) is 9.47. The van der Waals surface area contributed by atoms with E-state index in [-0.39, 0.29) is 17.9 Å². The number of hydrogen-bond donors (Lipinski definition) is 1. The van der Waals surface area contributed by atoms with Crippen molar-refractivity contribution < 1.29 is 13.5 Å². The van der Waals surface area contributed by atoms with Crippen LogP contribution in [0.2, 0.25) is 0 Å². The maximum atomic E-state index is 12.6. The van der Waals surface area contributed by atoms with E-state index in [0.29, 0.717) is 23.3 Å². The molecule has 0 spiro atoms. The smallest absolute Gasteiger partial charge is 0.265 e. The molecule has 154 valence electrons. The van der Waals surface area contributed by atoms with E-state index in [9.17, 15) is 8.78 Å². The number of halogens is 2. The second kappa shape index (κ2) is 8.85. The van der Waals surface area contributed by atoms with Crippen molar-refractivity contribution in [3.8, 4) is 17.1 Å². The van der Waals surface area contributed by atoms with Crippen LogP contribution in [0.3, 0.4) is 0 Å². The summed E-state index contributed by atoms with van der Waals surface area (Å²) < 4.78 is 32.7. The van der Waals surface area contributed by atoms with Crippen LogP contribution in [-0.4, -0.2) is 31.6 Å². The summed E-state index contributed by atoms with van der Waals surface area (Å²) in [7, 11) is 0. The van der Waals surface area contributed by atoms with Crippen LogP contribution in [0, 0.1) is 5.53 Å². The third-order valence-electron chi connectivity index (χ3n) is 4.92. The molecule has 0 unspecified atom stereocenters. The average molecular weight is 411 g/mol. The number of alkyl halides is 2. The van der Waals surface area contributed by atoms with E-state index >= 15 is 0 Å². The molecule has 3 heterocycles. The van der Waals surface area contributed by atoms with Crippen LogP contribution < -0.4 is 4.74 Å². The van der Waals surface area contributed by atoms with Gasteiger partial charge < -0.3 is 4.74 Å². The zero-order chi connectivity index (χ0) is 20.9. The van der Waals surface area contributed by atoms with Gasteiger partial charge >= 0.3 is 0 Å². The molecule has 0 aromatic carbocycles. The van der Waals surface area contributed by atoms with Crippen molar-refractivity contribution in [3.63, 3.8) is 0 Å². The summed E-state index contributed by atoms with van der Waals surface area (Å²) in [6.45, 7) is 0.0730. The van der Waals surface area contributed by atoms with E-state index in [1.165, 1.54) is 24.6 Å². The third kappa shape index (κ3) is 4.37. The Morgan fingerprint density at radius 2 is 2.10 bits per heavy atom. The monoisotopic (exact) mass is 411 g/mol. The van der Waals surface area contributed by atoms with Crippen molar-refractivity contribution in [1.82, 2.24) is 25.0 Å². The van der Waals surface area contributed by atoms with Gasteiger partial charge in [0, 0.05) is 29.6 Å². The lowest BCUT2D eigenvalue weighted by Gasteiger charge is -2.25. The number of ether oxygens (including phenoxy) is 1. The molecule has 0 amide bonds. The van der Waals surface area contributed by atoms with Gasteiger partial charge in [0.05, 0.1) is 23.6 Å². The van der Waals surface area contributed by atoms with Crippen molar-refractivity contribution in [2.45, 2.75) is 31.7 Å². The molecule has 4 rings (SSSR count). The van der Waals surface area contributed by atoms with Gasteiger partial charge in [0.2, 0.25) is 5.88 Å². The molecule has 8 nitrogen and oxygen atoms in total. The van der Waals surface area contributed by atoms with Crippen molar-refractivity contribution in [1.29, 1.82) is 5.53 Å². The number of nitrogens with one attached hydrogen (secondary N) is 1. The molecule has 0 radical (unpaired) electrons. The van der Waals surface area contributed by atoms with Gasteiger partial charge in [-0.1, -0.05) is 0 Å². The van der Waals surface area contributed by atoms with Crippen molar-refractivity contribution in [3.05, 3.63) is 60.2 Å². The lowest BCUT2D eigenvalue weighted by atomic mass is 9.93. The SMILES string of the molecule is N=N/C(=C/COc1ccc(-c2cnn(C3CCC3)c2)nn1)c1ccc(C(F)F)cn1. The molecule has 3 aromatic heterocycles. The fourth-order valence-electron chi connectivity index (χ4n) is 2.97. The predicted molar refractivity (Wildman–Crippen MR) is 104 cm³/mol. The van der Waals surface area contributed by atoms with E-state index in [1.54, 1.807) is 18.3 Å². The molecule has 1 N–H and O–H groups in total. The highest BCUT2D eigenvalue weighted by atomic mass is 19.3. The Morgan fingerprint density at radius 3 is 2.70 bits per heavy atom. The molecule has 1 saturated carbocycles. The number of aromatic nitrogens is 5. The first-order chi connectivity index (χ1) is 14.6. The predicted octanol–water partition coefficient (Wildman–Crippen LogP) is 4.85. The summed E-state index contributed by atoms with van der Waals surface area (Å²) in [5.74, 6) is 0.312. The lowest BCUT2D eigenvalue weighted by molar-refractivity contribution is 0.151. The van der Waals surface area contributed by atoms with E-state index in [1.807, 2.05) is 10.9 Å². The minimum Gasteiger partial charge on any atom is -0.472 e. The fraction of sp³-hybridized carbons (Fsp3) is 0.300.